The van der Waals surface area contributed by atoms with E-state index in [1.54, 1.807) is 0 Å². The molecule has 94 valence electrons. The maximum atomic E-state index is 9.85. The first-order valence-corrected chi connectivity index (χ1v) is 6.55. The van der Waals surface area contributed by atoms with Crippen LogP contribution in [0.5, 0.6) is 0 Å². The Morgan fingerprint density at radius 1 is 1.56 bits per heavy atom. The van der Waals surface area contributed by atoms with Gasteiger partial charge >= 0.3 is 0 Å². The van der Waals surface area contributed by atoms with Crippen LogP contribution in [-0.4, -0.2) is 48.0 Å². The molecule has 1 N–H and O–H groups in total. The van der Waals surface area contributed by atoms with Crippen LogP contribution < -0.4 is 0 Å². The molecule has 0 aromatic carbocycles. The highest BCUT2D eigenvalue weighted by Gasteiger charge is 2.17. The van der Waals surface area contributed by atoms with Crippen LogP contribution in [0.4, 0.5) is 0 Å². The molecule has 0 saturated carbocycles. The Morgan fingerprint density at radius 3 is 2.81 bits per heavy atom. The summed E-state index contributed by atoms with van der Waals surface area (Å²) in [6, 6.07) is 0. The lowest BCUT2D eigenvalue weighted by atomic mass is 10.2. The fourth-order valence-corrected chi connectivity index (χ4v) is 2.20. The highest BCUT2D eigenvalue weighted by Crippen LogP contribution is 2.15. The molecule has 1 heterocycles. The fourth-order valence-electron chi connectivity index (χ4n) is 1.61. The molecule has 1 aliphatic heterocycles. The molecule has 1 atom stereocenters. The predicted molar refractivity (Wildman–Crippen MR) is 69.8 cm³/mol. The molecule has 0 aliphatic carbocycles. The first-order valence-electron chi connectivity index (χ1n) is 5.76. The second-order valence-corrected chi connectivity index (χ2v) is 6.27. The predicted octanol–water partition coefficient (Wildman–Crippen LogP) is 2.15. The molecule has 3 nitrogen and oxygen atoms in total. The summed E-state index contributed by atoms with van der Waals surface area (Å²) in [7, 11) is 0. The van der Waals surface area contributed by atoms with Gasteiger partial charge in [-0.25, -0.2) is 0 Å². The van der Waals surface area contributed by atoms with E-state index in [1.165, 1.54) is 4.48 Å². The number of aliphatic hydroxyl groups is 1. The van der Waals surface area contributed by atoms with Gasteiger partial charge in [-0.1, -0.05) is 22.0 Å². The van der Waals surface area contributed by atoms with E-state index in [2.05, 4.69) is 26.9 Å². The maximum Gasteiger partial charge on any atom is 0.0900 e. The number of aliphatic hydroxyl groups excluding tert-OH is 1. The zero-order valence-electron chi connectivity index (χ0n) is 10.4. The van der Waals surface area contributed by atoms with Crippen molar-refractivity contribution in [2.75, 3.05) is 26.2 Å². The van der Waals surface area contributed by atoms with Crippen LogP contribution in [0.15, 0.2) is 10.6 Å². The van der Waals surface area contributed by atoms with Gasteiger partial charge in [-0.2, -0.15) is 0 Å². The summed E-state index contributed by atoms with van der Waals surface area (Å²) in [5.74, 6) is 0. The molecule has 0 bridgehead atoms. The third-order valence-corrected chi connectivity index (χ3v) is 2.94. The normalized spacial score (nSPS) is 20.7. The van der Waals surface area contributed by atoms with Crippen LogP contribution in [0.2, 0.25) is 0 Å². The lowest BCUT2D eigenvalue weighted by Crippen LogP contribution is -2.39. The largest absolute Gasteiger partial charge is 0.389 e. The van der Waals surface area contributed by atoms with E-state index in [9.17, 15) is 5.11 Å². The molecule has 0 amide bonds. The molecule has 1 rings (SSSR count). The Hall–Kier alpha value is 0.100. The second kappa shape index (κ2) is 6.15. The SMILES string of the molecule is CC(C)(C)OC[C@H](O)CN1CCC=C(Br)C1. The average molecular weight is 292 g/mol. The Balaban J connectivity index is 2.24. The van der Waals surface area contributed by atoms with E-state index in [0.29, 0.717) is 13.2 Å². The van der Waals surface area contributed by atoms with E-state index in [-0.39, 0.29) is 5.60 Å². The number of hydrogen-bond donors (Lipinski definition) is 1. The summed E-state index contributed by atoms with van der Waals surface area (Å²) < 4.78 is 6.77. The van der Waals surface area contributed by atoms with Crippen molar-refractivity contribution in [3.8, 4) is 0 Å². The summed E-state index contributed by atoms with van der Waals surface area (Å²) in [5.41, 5.74) is -0.177. The molecule has 16 heavy (non-hydrogen) atoms. The van der Waals surface area contributed by atoms with E-state index in [0.717, 1.165) is 19.5 Å². The van der Waals surface area contributed by atoms with Gasteiger partial charge in [0.2, 0.25) is 0 Å². The molecule has 0 spiro atoms. The van der Waals surface area contributed by atoms with Gasteiger partial charge in [0.15, 0.2) is 0 Å². The van der Waals surface area contributed by atoms with Gasteiger partial charge in [0.05, 0.1) is 18.3 Å². The van der Waals surface area contributed by atoms with Crippen molar-refractivity contribution < 1.29 is 9.84 Å². The number of rotatable bonds is 4. The third kappa shape index (κ3) is 5.99. The van der Waals surface area contributed by atoms with Crippen LogP contribution >= 0.6 is 15.9 Å². The van der Waals surface area contributed by atoms with E-state index < -0.39 is 6.10 Å². The van der Waals surface area contributed by atoms with Gasteiger partial charge in [0, 0.05) is 24.1 Å². The molecule has 4 heteroatoms. The highest BCUT2D eigenvalue weighted by atomic mass is 79.9. The fraction of sp³-hybridized carbons (Fsp3) is 0.833. The summed E-state index contributed by atoms with van der Waals surface area (Å²) in [6.07, 6.45) is 2.83. The summed E-state index contributed by atoms with van der Waals surface area (Å²) >= 11 is 3.50. The third-order valence-electron chi connectivity index (χ3n) is 2.36. The second-order valence-electron chi connectivity index (χ2n) is 5.25. The quantitative estimate of drug-likeness (QED) is 0.862. The van der Waals surface area contributed by atoms with Crippen molar-refractivity contribution in [2.45, 2.75) is 38.9 Å². The molecule has 0 aromatic rings. The van der Waals surface area contributed by atoms with Gasteiger partial charge < -0.3 is 9.84 Å². The van der Waals surface area contributed by atoms with Crippen molar-refractivity contribution in [3.05, 3.63) is 10.6 Å². The monoisotopic (exact) mass is 291 g/mol. The molecule has 1 aliphatic rings. The number of halogens is 1. The van der Waals surface area contributed by atoms with Crippen molar-refractivity contribution in [3.63, 3.8) is 0 Å². The van der Waals surface area contributed by atoms with Gasteiger partial charge in [-0.3, -0.25) is 4.90 Å². The van der Waals surface area contributed by atoms with E-state index in [4.69, 9.17) is 4.74 Å². The van der Waals surface area contributed by atoms with E-state index in [1.807, 2.05) is 20.8 Å². The molecule has 0 unspecified atom stereocenters. The Kier molecular flexibility index (Phi) is 5.44. The molecule has 0 aromatic heterocycles. The summed E-state index contributed by atoms with van der Waals surface area (Å²) in [4.78, 5) is 2.24. The van der Waals surface area contributed by atoms with Crippen molar-refractivity contribution in [2.24, 2.45) is 0 Å². The van der Waals surface area contributed by atoms with Crippen molar-refractivity contribution >= 4 is 15.9 Å². The number of β-amino-alcohol motifs (C(OH)–C–C–N with tert-alkyl or cyclic N) is 1. The molecule has 0 radical (unpaired) electrons. The van der Waals surface area contributed by atoms with Crippen molar-refractivity contribution in [1.82, 2.24) is 4.90 Å². The van der Waals surface area contributed by atoms with Crippen LogP contribution in [-0.2, 0) is 4.74 Å². The average Bonchev–Trinajstić information content (AvgIpc) is 2.14. The minimum atomic E-state index is -0.405. The van der Waals surface area contributed by atoms with Crippen LogP contribution in [0, 0.1) is 0 Å². The zero-order valence-corrected chi connectivity index (χ0v) is 12.0. The minimum Gasteiger partial charge on any atom is -0.389 e. The van der Waals surface area contributed by atoms with Crippen molar-refractivity contribution in [1.29, 1.82) is 0 Å². The maximum absolute atomic E-state index is 9.85. The molecular formula is C12H22BrNO2. The molecular weight excluding hydrogens is 270 g/mol. The highest BCUT2D eigenvalue weighted by molar-refractivity contribution is 9.11. The number of ether oxygens (including phenoxy) is 1. The Labute approximate surface area is 107 Å². The number of nitrogens with zero attached hydrogens (tertiary/aromatic N) is 1. The first-order chi connectivity index (χ1) is 7.37. The van der Waals surface area contributed by atoms with Gasteiger partial charge in [-0.15, -0.1) is 0 Å². The lowest BCUT2D eigenvalue weighted by Gasteiger charge is -2.28. The standard InChI is InChI=1S/C12H22BrNO2/c1-12(2,3)16-9-11(15)8-14-6-4-5-10(13)7-14/h5,11,15H,4,6-9H2,1-3H3/t11-/m1/s1. The summed E-state index contributed by atoms with van der Waals surface area (Å²) in [6.45, 7) is 8.99. The minimum absolute atomic E-state index is 0.177. The Morgan fingerprint density at radius 2 is 2.25 bits per heavy atom. The van der Waals surface area contributed by atoms with E-state index >= 15 is 0 Å². The van der Waals surface area contributed by atoms with Gasteiger partial charge in [0.25, 0.3) is 0 Å². The smallest absolute Gasteiger partial charge is 0.0900 e. The topological polar surface area (TPSA) is 32.7 Å². The molecule has 0 fully saturated rings. The number of hydrogen-bond acceptors (Lipinski definition) is 3. The van der Waals surface area contributed by atoms with Crippen LogP contribution in [0.1, 0.15) is 27.2 Å². The Bertz CT molecular complexity index is 248. The first kappa shape index (κ1) is 14.2. The van der Waals surface area contributed by atoms with Crippen LogP contribution in [0.25, 0.3) is 0 Å². The van der Waals surface area contributed by atoms with Crippen LogP contribution in [0.3, 0.4) is 0 Å². The zero-order chi connectivity index (χ0) is 12.2. The summed E-state index contributed by atoms with van der Waals surface area (Å²) in [5, 5.41) is 9.85. The van der Waals surface area contributed by atoms with Gasteiger partial charge in [0.1, 0.15) is 0 Å². The van der Waals surface area contributed by atoms with Gasteiger partial charge in [-0.05, 0) is 27.2 Å². The lowest BCUT2D eigenvalue weighted by molar-refractivity contribution is -0.0556. The molecule has 0 saturated heterocycles.